The van der Waals surface area contributed by atoms with Gasteiger partial charge in [0.1, 0.15) is 11.9 Å². The van der Waals surface area contributed by atoms with Crippen molar-refractivity contribution in [3.05, 3.63) is 113 Å². The summed E-state index contributed by atoms with van der Waals surface area (Å²) < 4.78 is 20.5. The predicted molar refractivity (Wildman–Crippen MR) is 136 cm³/mol. The average Bonchev–Trinajstić information content (AvgIpc) is 2.91. The molecule has 1 aliphatic carbocycles. The molecule has 2 atom stereocenters. The quantitative estimate of drug-likeness (QED) is 0.472. The van der Waals surface area contributed by atoms with Gasteiger partial charge in [-0.05, 0) is 54.7 Å². The first-order valence-corrected chi connectivity index (χ1v) is 12.4. The molecule has 36 heavy (non-hydrogen) atoms. The summed E-state index contributed by atoms with van der Waals surface area (Å²) in [6, 6.07) is 23.3. The molecule has 1 aliphatic heterocycles. The zero-order valence-electron chi connectivity index (χ0n) is 20.0. The van der Waals surface area contributed by atoms with Gasteiger partial charge in [0.2, 0.25) is 0 Å². The summed E-state index contributed by atoms with van der Waals surface area (Å²) >= 11 is 0. The average molecular weight is 485 g/mol. The van der Waals surface area contributed by atoms with Gasteiger partial charge in [-0.25, -0.2) is 4.39 Å². The first kappa shape index (κ1) is 23.8. The molecule has 2 unspecified atom stereocenters. The second-order valence-corrected chi connectivity index (χ2v) is 9.33. The molecule has 0 bridgehead atoms. The van der Waals surface area contributed by atoms with Crippen LogP contribution in [0.2, 0.25) is 0 Å². The molecule has 1 saturated carbocycles. The summed E-state index contributed by atoms with van der Waals surface area (Å²) in [5, 5.41) is 2.92. The zero-order chi connectivity index (χ0) is 24.9. The van der Waals surface area contributed by atoms with Crippen molar-refractivity contribution >= 4 is 17.9 Å². The first-order valence-electron chi connectivity index (χ1n) is 12.4. The molecule has 5 rings (SSSR count). The summed E-state index contributed by atoms with van der Waals surface area (Å²) in [5.74, 6) is -0.443. The van der Waals surface area contributed by atoms with Gasteiger partial charge in [0.15, 0.2) is 5.76 Å². The smallest absolute Gasteiger partial charge is 0.289 e. The van der Waals surface area contributed by atoms with E-state index >= 15 is 0 Å². The number of hydrogen-bond acceptors (Lipinski definition) is 3. The summed E-state index contributed by atoms with van der Waals surface area (Å²) in [6.45, 7) is 0.669. The highest BCUT2D eigenvalue weighted by Crippen LogP contribution is 2.34. The highest BCUT2D eigenvalue weighted by molar-refractivity contribution is 5.97. The minimum absolute atomic E-state index is 0.0568. The number of ether oxygens (including phenoxy) is 1. The molecule has 1 N–H and O–H groups in total. The van der Waals surface area contributed by atoms with Crippen LogP contribution in [0.25, 0.3) is 6.08 Å². The van der Waals surface area contributed by atoms with E-state index in [-0.39, 0.29) is 42.1 Å². The molecule has 6 heteroatoms. The van der Waals surface area contributed by atoms with Gasteiger partial charge < -0.3 is 15.0 Å². The van der Waals surface area contributed by atoms with Gasteiger partial charge in [-0.1, -0.05) is 67.1 Å². The number of hydrogen-bond donors (Lipinski definition) is 1. The van der Waals surface area contributed by atoms with E-state index in [9.17, 15) is 14.0 Å². The van der Waals surface area contributed by atoms with Gasteiger partial charge in [-0.2, -0.15) is 0 Å². The third-order valence-corrected chi connectivity index (χ3v) is 6.88. The molecule has 184 valence electrons. The largest absolute Gasteiger partial charge is 0.482 e. The Labute approximate surface area is 210 Å². The lowest BCUT2D eigenvalue weighted by Gasteiger charge is -2.44. The minimum Gasteiger partial charge on any atom is -0.482 e. The second-order valence-electron chi connectivity index (χ2n) is 9.33. The van der Waals surface area contributed by atoms with Crippen LogP contribution in [-0.4, -0.2) is 28.9 Å². The molecular formula is C30H29FN2O3. The van der Waals surface area contributed by atoms with Crippen molar-refractivity contribution in [1.29, 1.82) is 0 Å². The molecule has 0 spiro atoms. The number of halogens is 1. The lowest BCUT2D eigenvalue weighted by Crippen LogP contribution is -2.54. The summed E-state index contributed by atoms with van der Waals surface area (Å²) in [5.41, 5.74) is 2.83. The molecule has 5 nitrogen and oxygen atoms in total. The maximum Gasteiger partial charge on any atom is 0.289 e. The van der Waals surface area contributed by atoms with E-state index in [1.807, 2.05) is 30.3 Å². The van der Waals surface area contributed by atoms with E-state index in [1.54, 1.807) is 53.4 Å². The van der Waals surface area contributed by atoms with Crippen LogP contribution in [0.1, 0.15) is 52.7 Å². The Morgan fingerprint density at radius 1 is 0.972 bits per heavy atom. The Morgan fingerprint density at radius 3 is 2.47 bits per heavy atom. The molecule has 3 aromatic rings. The fraction of sp³-hybridized carbons (Fsp3) is 0.267. The molecular weight excluding hydrogens is 455 g/mol. The lowest BCUT2D eigenvalue weighted by molar-refractivity contribution is -0.149. The third-order valence-electron chi connectivity index (χ3n) is 6.88. The number of benzene rings is 3. The molecule has 1 saturated heterocycles. The Balaban J connectivity index is 1.31. The van der Waals surface area contributed by atoms with Crippen LogP contribution in [0.15, 0.2) is 84.6 Å². The van der Waals surface area contributed by atoms with Crippen molar-refractivity contribution < 1.29 is 18.7 Å². The van der Waals surface area contributed by atoms with Crippen LogP contribution in [0, 0.1) is 5.82 Å². The number of carbonyl (C=O) groups excluding carboxylic acids is 2. The van der Waals surface area contributed by atoms with Crippen molar-refractivity contribution in [2.75, 3.05) is 0 Å². The van der Waals surface area contributed by atoms with Gasteiger partial charge >= 0.3 is 0 Å². The van der Waals surface area contributed by atoms with Crippen LogP contribution < -0.4 is 5.32 Å². The molecule has 1 heterocycles. The lowest BCUT2D eigenvalue weighted by atomic mass is 9.89. The van der Waals surface area contributed by atoms with Crippen LogP contribution in [0.5, 0.6) is 0 Å². The summed E-state index contributed by atoms with van der Waals surface area (Å²) in [6.07, 6.45) is 5.40. The van der Waals surface area contributed by atoms with Gasteiger partial charge in [0.05, 0.1) is 6.04 Å². The molecule has 3 aromatic carbocycles. The van der Waals surface area contributed by atoms with Gasteiger partial charge in [0.25, 0.3) is 11.8 Å². The number of fused-ring (bicyclic) bond motifs is 1. The van der Waals surface area contributed by atoms with Crippen molar-refractivity contribution in [2.24, 2.45) is 0 Å². The van der Waals surface area contributed by atoms with Crippen LogP contribution >= 0.6 is 0 Å². The standard InChI is InChI=1S/C30H29FN2O3/c31-25-11-5-4-10-24(25)20-33-26-12-6-7-13-27(26)36-28(30(33)35)18-21-14-16-23(17-15-21)29(34)32-19-22-8-2-1-3-9-22/h1-5,8-11,14-18,26-27H,6-7,12-13,19-20H2,(H,32,34)/b28-18-. The van der Waals surface area contributed by atoms with E-state index in [1.165, 1.54) is 6.07 Å². The number of amides is 2. The maximum atomic E-state index is 14.4. The Bertz CT molecular complexity index is 1260. The summed E-state index contributed by atoms with van der Waals surface area (Å²) in [7, 11) is 0. The van der Waals surface area contributed by atoms with Crippen molar-refractivity contribution in [1.82, 2.24) is 10.2 Å². The van der Waals surface area contributed by atoms with E-state index in [0.29, 0.717) is 17.7 Å². The topological polar surface area (TPSA) is 58.6 Å². The number of carbonyl (C=O) groups is 2. The van der Waals surface area contributed by atoms with E-state index < -0.39 is 0 Å². The van der Waals surface area contributed by atoms with Crippen LogP contribution in [0.4, 0.5) is 4.39 Å². The zero-order valence-corrected chi connectivity index (χ0v) is 20.0. The minimum atomic E-state index is -0.309. The van der Waals surface area contributed by atoms with Gasteiger partial charge in [-0.15, -0.1) is 0 Å². The van der Waals surface area contributed by atoms with E-state index in [4.69, 9.17) is 4.74 Å². The Morgan fingerprint density at radius 2 is 1.69 bits per heavy atom. The number of nitrogens with zero attached hydrogens (tertiary/aromatic N) is 1. The fourth-order valence-corrected chi connectivity index (χ4v) is 4.93. The molecule has 0 aromatic heterocycles. The van der Waals surface area contributed by atoms with E-state index in [2.05, 4.69) is 5.32 Å². The number of nitrogens with one attached hydrogen (secondary N) is 1. The molecule has 2 fully saturated rings. The highest BCUT2D eigenvalue weighted by Gasteiger charge is 2.41. The van der Waals surface area contributed by atoms with Gasteiger partial charge in [0, 0.05) is 24.2 Å². The normalized spacial score (nSPS) is 20.5. The summed E-state index contributed by atoms with van der Waals surface area (Å²) in [4.78, 5) is 27.7. The molecule has 2 amide bonds. The van der Waals surface area contributed by atoms with Crippen LogP contribution in [-0.2, 0) is 22.6 Å². The van der Waals surface area contributed by atoms with Crippen molar-refractivity contribution in [3.8, 4) is 0 Å². The Hall–Kier alpha value is -3.93. The fourth-order valence-electron chi connectivity index (χ4n) is 4.93. The highest BCUT2D eigenvalue weighted by atomic mass is 19.1. The predicted octanol–water partition coefficient (Wildman–Crippen LogP) is 5.47. The SMILES string of the molecule is O=C(NCc1ccccc1)c1ccc(/C=C2\OC3CCCCC3N(Cc3ccccc3F)C2=O)cc1. The number of morpholine rings is 1. The van der Waals surface area contributed by atoms with E-state index in [0.717, 1.165) is 36.8 Å². The monoisotopic (exact) mass is 484 g/mol. The van der Waals surface area contributed by atoms with Crippen LogP contribution in [0.3, 0.4) is 0 Å². The molecule has 2 aliphatic rings. The van der Waals surface area contributed by atoms with Gasteiger partial charge in [-0.3, -0.25) is 9.59 Å². The Kier molecular flexibility index (Phi) is 7.12. The first-order chi connectivity index (χ1) is 17.6. The molecule has 0 radical (unpaired) electrons. The number of rotatable bonds is 6. The third kappa shape index (κ3) is 5.33. The second kappa shape index (κ2) is 10.8. The van der Waals surface area contributed by atoms with Crippen molar-refractivity contribution in [2.45, 2.75) is 50.9 Å². The maximum absolute atomic E-state index is 14.4. The van der Waals surface area contributed by atoms with Crippen molar-refractivity contribution in [3.63, 3.8) is 0 Å².